The van der Waals surface area contributed by atoms with Crippen LogP contribution in [-0.4, -0.2) is 15.9 Å². The molecule has 3 rings (SSSR count). The van der Waals surface area contributed by atoms with Crippen molar-refractivity contribution in [2.75, 3.05) is 10.6 Å². The molecular weight excluding hydrogens is 326 g/mol. The lowest BCUT2D eigenvalue weighted by Gasteiger charge is -2.09. The van der Waals surface area contributed by atoms with Crippen LogP contribution in [0.3, 0.4) is 0 Å². The van der Waals surface area contributed by atoms with Crippen molar-refractivity contribution in [2.24, 2.45) is 0 Å². The molecule has 3 aromatic rings. The summed E-state index contributed by atoms with van der Waals surface area (Å²) in [6, 6.07) is 14.9. The molecule has 0 aliphatic rings. The van der Waals surface area contributed by atoms with Crippen LogP contribution in [0.4, 0.5) is 17.2 Å². The third kappa shape index (κ3) is 4.02. The van der Waals surface area contributed by atoms with Crippen molar-refractivity contribution in [1.29, 1.82) is 5.26 Å². The molecule has 0 saturated carbocycles. The molecule has 0 atom stereocenters. The normalized spacial score (nSPS) is 10.0. The van der Waals surface area contributed by atoms with Gasteiger partial charge < -0.3 is 10.6 Å². The fraction of sp³-hybridized carbons (Fsp3) is 0.100. The average Bonchev–Trinajstić information content (AvgIpc) is 2.65. The Labute approximate surface area is 151 Å². The van der Waals surface area contributed by atoms with Gasteiger partial charge in [-0.3, -0.25) is 4.79 Å². The van der Waals surface area contributed by atoms with Crippen LogP contribution in [0.25, 0.3) is 0 Å². The van der Waals surface area contributed by atoms with E-state index in [4.69, 9.17) is 5.26 Å². The van der Waals surface area contributed by atoms with Gasteiger partial charge >= 0.3 is 0 Å². The predicted octanol–water partition coefficient (Wildman–Crippen LogP) is 3.96. The Morgan fingerprint density at radius 1 is 1.04 bits per heavy atom. The number of nitriles is 1. The van der Waals surface area contributed by atoms with Gasteiger partial charge in [0.1, 0.15) is 11.5 Å². The summed E-state index contributed by atoms with van der Waals surface area (Å²) in [7, 11) is 0. The van der Waals surface area contributed by atoms with Crippen molar-refractivity contribution in [3.63, 3.8) is 0 Å². The molecule has 6 heteroatoms. The van der Waals surface area contributed by atoms with E-state index in [1.54, 1.807) is 24.3 Å². The Kier molecular flexibility index (Phi) is 4.90. The Balaban J connectivity index is 1.68. The van der Waals surface area contributed by atoms with Gasteiger partial charge in [0.25, 0.3) is 5.91 Å². The summed E-state index contributed by atoms with van der Waals surface area (Å²) in [5.74, 6) is 0.201. The summed E-state index contributed by atoms with van der Waals surface area (Å²) in [4.78, 5) is 20.7. The maximum Gasteiger partial charge on any atom is 0.275 e. The third-order valence-electron chi connectivity index (χ3n) is 3.80. The maximum atomic E-state index is 12.3. The summed E-state index contributed by atoms with van der Waals surface area (Å²) in [5, 5.41) is 14.7. The van der Waals surface area contributed by atoms with Crippen LogP contribution >= 0.6 is 0 Å². The largest absolute Gasteiger partial charge is 0.339 e. The van der Waals surface area contributed by atoms with Crippen molar-refractivity contribution in [3.05, 3.63) is 77.2 Å². The molecule has 1 aromatic heterocycles. The molecule has 0 aliphatic heterocycles. The molecule has 128 valence electrons. The first-order chi connectivity index (χ1) is 12.5. The number of anilines is 3. The smallest absolute Gasteiger partial charge is 0.275 e. The summed E-state index contributed by atoms with van der Waals surface area (Å²) in [5.41, 5.74) is 4.48. The van der Waals surface area contributed by atoms with E-state index in [0.29, 0.717) is 11.4 Å². The zero-order chi connectivity index (χ0) is 18.5. The molecule has 0 spiro atoms. The van der Waals surface area contributed by atoms with Gasteiger partial charge in [-0.15, -0.1) is 0 Å². The molecule has 0 saturated heterocycles. The third-order valence-corrected chi connectivity index (χ3v) is 3.80. The minimum atomic E-state index is -0.311. The van der Waals surface area contributed by atoms with Crippen LogP contribution in [0, 0.1) is 25.2 Å². The first-order valence-corrected chi connectivity index (χ1v) is 8.03. The van der Waals surface area contributed by atoms with Crippen molar-refractivity contribution < 1.29 is 4.79 Å². The minimum Gasteiger partial charge on any atom is -0.339 e. The Bertz CT molecular complexity index is 973. The van der Waals surface area contributed by atoms with Crippen LogP contribution < -0.4 is 10.6 Å². The van der Waals surface area contributed by atoms with E-state index in [-0.39, 0.29) is 11.6 Å². The fourth-order valence-electron chi connectivity index (χ4n) is 2.43. The highest BCUT2D eigenvalue weighted by molar-refractivity contribution is 6.03. The van der Waals surface area contributed by atoms with Gasteiger partial charge in [0.2, 0.25) is 0 Å². The van der Waals surface area contributed by atoms with E-state index in [0.717, 1.165) is 22.5 Å². The average molecular weight is 343 g/mol. The number of rotatable bonds is 4. The zero-order valence-corrected chi connectivity index (χ0v) is 14.4. The molecule has 26 heavy (non-hydrogen) atoms. The minimum absolute atomic E-state index is 0.232. The molecular formula is C20H17N5O. The Morgan fingerprint density at radius 2 is 1.81 bits per heavy atom. The molecule has 2 N–H and O–H groups in total. The van der Waals surface area contributed by atoms with E-state index in [1.165, 1.54) is 12.4 Å². The van der Waals surface area contributed by atoms with E-state index in [9.17, 15) is 4.79 Å². The SMILES string of the molecule is Cc1ccc(NC(=O)c2cnc(Nc3ccc(C#N)cc3)cn2)c(C)c1. The second-order valence-electron chi connectivity index (χ2n) is 5.87. The van der Waals surface area contributed by atoms with Gasteiger partial charge in [-0.2, -0.15) is 5.26 Å². The summed E-state index contributed by atoms with van der Waals surface area (Å²) in [6.45, 7) is 3.95. The molecule has 0 unspecified atom stereocenters. The first kappa shape index (κ1) is 17.1. The van der Waals surface area contributed by atoms with Crippen molar-refractivity contribution in [2.45, 2.75) is 13.8 Å². The van der Waals surface area contributed by atoms with Crippen LogP contribution in [0.15, 0.2) is 54.9 Å². The number of hydrogen-bond donors (Lipinski definition) is 2. The van der Waals surface area contributed by atoms with Gasteiger partial charge in [-0.05, 0) is 49.7 Å². The second kappa shape index (κ2) is 7.45. The van der Waals surface area contributed by atoms with Crippen LogP contribution in [-0.2, 0) is 0 Å². The highest BCUT2D eigenvalue weighted by atomic mass is 16.1. The standard InChI is InChI=1S/C20H17N5O/c1-13-3-8-17(14(2)9-13)25-20(26)18-11-23-19(12-22-18)24-16-6-4-15(10-21)5-7-16/h3-9,11-12H,1-2H3,(H,23,24)(H,25,26). The number of carbonyl (C=O) groups excluding carboxylic acids is 1. The molecule has 0 bridgehead atoms. The second-order valence-corrected chi connectivity index (χ2v) is 5.87. The van der Waals surface area contributed by atoms with E-state index < -0.39 is 0 Å². The monoisotopic (exact) mass is 343 g/mol. The number of nitrogens with zero attached hydrogens (tertiary/aromatic N) is 3. The van der Waals surface area contributed by atoms with Crippen molar-refractivity contribution >= 4 is 23.1 Å². The zero-order valence-electron chi connectivity index (χ0n) is 14.4. The molecule has 0 fully saturated rings. The number of aryl methyl sites for hydroxylation is 2. The topological polar surface area (TPSA) is 90.7 Å². The molecule has 0 radical (unpaired) electrons. The maximum absolute atomic E-state index is 12.3. The lowest BCUT2D eigenvalue weighted by Crippen LogP contribution is -2.15. The van der Waals surface area contributed by atoms with Gasteiger partial charge in [0.15, 0.2) is 0 Å². The number of amides is 1. The molecule has 6 nitrogen and oxygen atoms in total. The lowest BCUT2D eigenvalue weighted by atomic mass is 10.1. The number of hydrogen-bond acceptors (Lipinski definition) is 5. The quantitative estimate of drug-likeness (QED) is 0.748. The van der Waals surface area contributed by atoms with Gasteiger partial charge in [-0.1, -0.05) is 17.7 Å². The van der Waals surface area contributed by atoms with E-state index >= 15 is 0 Å². The van der Waals surface area contributed by atoms with Crippen LogP contribution in [0.1, 0.15) is 27.2 Å². The highest BCUT2D eigenvalue weighted by Crippen LogP contribution is 2.17. The van der Waals surface area contributed by atoms with E-state index in [2.05, 4.69) is 26.7 Å². The van der Waals surface area contributed by atoms with Crippen molar-refractivity contribution in [3.8, 4) is 6.07 Å². The van der Waals surface area contributed by atoms with Crippen LogP contribution in [0.5, 0.6) is 0 Å². The van der Waals surface area contributed by atoms with E-state index in [1.807, 2.05) is 32.0 Å². The summed E-state index contributed by atoms with van der Waals surface area (Å²) >= 11 is 0. The highest BCUT2D eigenvalue weighted by Gasteiger charge is 2.10. The number of nitrogens with one attached hydrogen (secondary N) is 2. The number of carbonyl (C=O) groups is 1. The van der Waals surface area contributed by atoms with Crippen molar-refractivity contribution in [1.82, 2.24) is 9.97 Å². The van der Waals surface area contributed by atoms with Crippen LogP contribution in [0.2, 0.25) is 0 Å². The van der Waals surface area contributed by atoms with Gasteiger partial charge in [0.05, 0.1) is 24.0 Å². The predicted molar refractivity (Wildman–Crippen MR) is 100 cm³/mol. The number of benzene rings is 2. The lowest BCUT2D eigenvalue weighted by molar-refractivity contribution is 0.102. The van der Waals surface area contributed by atoms with Gasteiger partial charge in [-0.25, -0.2) is 9.97 Å². The molecule has 0 aliphatic carbocycles. The summed E-state index contributed by atoms with van der Waals surface area (Å²) < 4.78 is 0. The Morgan fingerprint density at radius 3 is 2.42 bits per heavy atom. The molecule has 1 amide bonds. The summed E-state index contributed by atoms with van der Waals surface area (Å²) in [6.07, 6.45) is 2.92. The van der Waals surface area contributed by atoms with Gasteiger partial charge in [0, 0.05) is 11.4 Å². The number of aromatic nitrogens is 2. The molecule has 1 heterocycles. The molecule has 2 aromatic carbocycles. The first-order valence-electron chi connectivity index (χ1n) is 8.03. The fourth-order valence-corrected chi connectivity index (χ4v) is 2.43. The Hall–Kier alpha value is -3.72.